The van der Waals surface area contributed by atoms with Gasteiger partial charge in [-0.25, -0.2) is 0 Å². The molecule has 21 heavy (non-hydrogen) atoms. The van der Waals surface area contributed by atoms with Gasteiger partial charge >= 0.3 is 0 Å². The van der Waals surface area contributed by atoms with Crippen LogP contribution in [0, 0.1) is 17.2 Å². The van der Waals surface area contributed by atoms with E-state index in [1.54, 1.807) is 6.07 Å². The van der Waals surface area contributed by atoms with E-state index < -0.39 is 0 Å². The van der Waals surface area contributed by atoms with Crippen LogP contribution in [-0.2, 0) is 16.1 Å². The zero-order chi connectivity index (χ0) is 15.1. The normalized spacial score (nSPS) is 14.4. The van der Waals surface area contributed by atoms with Crippen LogP contribution in [0.15, 0.2) is 24.3 Å². The number of nitriles is 1. The average Bonchev–Trinajstić information content (AvgIpc) is 3.00. The van der Waals surface area contributed by atoms with E-state index in [0.717, 1.165) is 31.2 Å². The number of carbonyl (C=O) groups excluding carboxylic acids is 2. The molecule has 2 rings (SSSR count). The van der Waals surface area contributed by atoms with E-state index in [4.69, 9.17) is 5.26 Å². The van der Waals surface area contributed by atoms with Crippen molar-refractivity contribution in [2.75, 3.05) is 5.32 Å². The van der Waals surface area contributed by atoms with Gasteiger partial charge in [-0.05, 0) is 24.5 Å². The largest absolute Gasteiger partial charge is 0.352 e. The predicted octanol–water partition coefficient (Wildman–Crippen LogP) is 2.35. The molecule has 0 unspecified atom stereocenters. The Hall–Kier alpha value is -2.35. The summed E-state index contributed by atoms with van der Waals surface area (Å²) in [7, 11) is 0. The third-order valence-electron chi connectivity index (χ3n) is 3.71. The van der Waals surface area contributed by atoms with Crippen LogP contribution in [0.4, 0.5) is 5.69 Å². The number of rotatable bonds is 5. The summed E-state index contributed by atoms with van der Waals surface area (Å²) in [4.78, 5) is 23.5. The molecule has 5 heteroatoms. The van der Waals surface area contributed by atoms with Gasteiger partial charge < -0.3 is 10.6 Å². The lowest BCUT2D eigenvalue weighted by molar-refractivity contribution is -0.125. The van der Waals surface area contributed by atoms with E-state index in [9.17, 15) is 9.59 Å². The molecule has 2 N–H and O–H groups in total. The topological polar surface area (TPSA) is 82.0 Å². The van der Waals surface area contributed by atoms with Gasteiger partial charge in [0.2, 0.25) is 11.8 Å². The second kappa shape index (κ2) is 7.44. The average molecular weight is 285 g/mol. The van der Waals surface area contributed by atoms with Crippen LogP contribution in [0.3, 0.4) is 0 Å². The van der Waals surface area contributed by atoms with E-state index >= 15 is 0 Å². The fraction of sp³-hybridized carbons (Fsp3) is 0.438. The van der Waals surface area contributed by atoms with Gasteiger partial charge in [-0.1, -0.05) is 31.0 Å². The highest BCUT2D eigenvalue weighted by molar-refractivity contribution is 5.92. The Morgan fingerprint density at radius 1 is 1.24 bits per heavy atom. The predicted molar refractivity (Wildman–Crippen MR) is 79.1 cm³/mol. The fourth-order valence-electron chi connectivity index (χ4n) is 2.58. The lowest BCUT2D eigenvalue weighted by Crippen LogP contribution is -2.29. The lowest BCUT2D eigenvalue weighted by Gasteiger charge is -2.13. The summed E-state index contributed by atoms with van der Waals surface area (Å²) >= 11 is 0. The fourth-order valence-corrected chi connectivity index (χ4v) is 2.58. The molecule has 5 nitrogen and oxygen atoms in total. The molecule has 1 aliphatic rings. The quantitative estimate of drug-likeness (QED) is 0.871. The Balaban J connectivity index is 1.94. The van der Waals surface area contributed by atoms with Crippen molar-refractivity contribution in [1.29, 1.82) is 5.26 Å². The maximum atomic E-state index is 12.0. The number of para-hydroxylation sites is 1. The van der Waals surface area contributed by atoms with Crippen molar-refractivity contribution < 1.29 is 9.59 Å². The van der Waals surface area contributed by atoms with Crippen LogP contribution < -0.4 is 10.6 Å². The summed E-state index contributed by atoms with van der Waals surface area (Å²) < 4.78 is 0. The van der Waals surface area contributed by atoms with Crippen molar-refractivity contribution in [1.82, 2.24) is 5.32 Å². The van der Waals surface area contributed by atoms with E-state index in [2.05, 4.69) is 10.6 Å². The first-order valence-corrected chi connectivity index (χ1v) is 7.23. The van der Waals surface area contributed by atoms with E-state index in [0.29, 0.717) is 12.2 Å². The second-order valence-corrected chi connectivity index (χ2v) is 5.24. The number of benzene rings is 1. The monoisotopic (exact) mass is 285 g/mol. The van der Waals surface area contributed by atoms with Crippen LogP contribution in [0.5, 0.6) is 0 Å². The molecule has 0 bridgehead atoms. The van der Waals surface area contributed by atoms with Crippen molar-refractivity contribution in [2.24, 2.45) is 5.92 Å². The molecular weight excluding hydrogens is 266 g/mol. The molecule has 0 radical (unpaired) electrons. The van der Waals surface area contributed by atoms with E-state index in [1.165, 1.54) is 0 Å². The summed E-state index contributed by atoms with van der Waals surface area (Å²) in [6.45, 7) is 0.387. The van der Waals surface area contributed by atoms with Crippen molar-refractivity contribution in [3.05, 3.63) is 29.8 Å². The van der Waals surface area contributed by atoms with Gasteiger partial charge in [0, 0.05) is 18.2 Å². The first kappa shape index (κ1) is 15.0. The number of anilines is 1. The van der Waals surface area contributed by atoms with Crippen molar-refractivity contribution in [3.63, 3.8) is 0 Å². The molecule has 0 aromatic heterocycles. The van der Waals surface area contributed by atoms with Gasteiger partial charge in [0.05, 0.1) is 6.07 Å². The molecule has 1 aliphatic carbocycles. The van der Waals surface area contributed by atoms with Gasteiger partial charge in [0.15, 0.2) is 0 Å². The molecule has 1 saturated carbocycles. The molecule has 0 heterocycles. The summed E-state index contributed by atoms with van der Waals surface area (Å²) in [5.41, 5.74) is 1.49. The SMILES string of the molecule is N#CCC(=O)Nc1ccccc1CNC(=O)C1CCCC1. The number of nitrogens with zero attached hydrogens (tertiary/aromatic N) is 1. The first-order chi connectivity index (χ1) is 10.2. The van der Waals surface area contributed by atoms with E-state index in [-0.39, 0.29) is 24.2 Å². The second-order valence-electron chi connectivity index (χ2n) is 5.24. The third-order valence-corrected chi connectivity index (χ3v) is 3.71. The van der Waals surface area contributed by atoms with Crippen molar-refractivity contribution >= 4 is 17.5 Å². The van der Waals surface area contributed by atoms with Crippen LogP contribution in [0.2, 0.25) is 0 Å². The zero-order valence-corrected chi connectivity index (χ0v) is 11.9. The van der Waals surface area contributed by atoms with Gasteiger partial charge in [0.1, 0.15) is 6.42 Å². The van der Waals surface area contributed by atoms with Crippen LogP contribution in [-0.4, -0.2) is 11.8 Å². The van der Waals surface area contributed by atoms with Gasteiger partial charge in [-0.2, -0.15) is 5.26 Å². The van der Waals surface area contributed by atoms with Crippen molar-refractivity contribution in [3.8, 4) is 6.07 Å². The summed E-state index contributed by atoms with van der Waals surface area (Å²) in [6, 6.07) is 9.11. The molecule has 1 aromatic carbocycles. The number of nitrogens with one attached hydrogen (secondary N) is 2. The van der Waals surface area contributed by atoms with Crippen molar-refractivity contribution in [2.45, 2.75) is 38.6 Å². The molecule has 0 atom stereocenters. The Bertz CT molecular complexity index is 557. The molecule has 1 aromatic rings. The Labute approximate surface area is 124 Å². The summed E-state index contributed by atoms with van der Waals surface area (Å²) in [5.74, 6) is -0.122. The van der Waals surface area contributed by atoms with Crippen LogP contribution in [0.25, 0.3) is 0 Å². The highest BCUT2D eigenvalue weighted by Gasteiger charge is 2.22. The van der Waals surface area contributed by atoms with Crippen LogP contribution in [0.1, 0.15) is 37.7 Å². The maximum Gasteiger partial charge on any atom is 0.238 e. The minimum atomic E-state index is -0.341. The maximum absolute atomic E-state index is 12.0. The molecule has 0 saturated heterocycles. The number of hydrogen-bond donors (Lipinski definition) is 2. The minimum Gasteiger partial charge on any atom is -0.352 e. The number of carbonyl (C=O) groups is 2. The zero-order valence-electron chi connectivity index (χ0n) is 11.9. The number of amides is 2. The first-order valence-electron chi connectivity index (χ1n) is 7.23. The molecule has 110 valence electrons. The Morgan fingerprint density at radius 2 is 1.95 bits per heavy atom. The summed E-state index contributed by atoms with van der Waals surface area (Å²) in [6.07, 6.45) is 4.00. The van der Waals surface area contributed by atoms with Gasteiger partial charge in [-0.3, -0.25) is 9.59 Å². The number of hydrogen-bond acceptors (Lipinski definition) is 3. The highest BCUT2D eigenvalue weighted by Crippen LogP contribution is 2.25. The van der Waals surface area contributed by atoms with Crippen LogP contribution >= 0.6 is 0 Å². The molecule has 1 fully saturated rings. The molecule has 0 spiro atoms. The van der Waals surface area contributed by atoms with Gasteiger partial charge in [-0.15, -0.1) is 0 Å². The third kappa shape index (κ3) is 4.32. The minimum absolute atomic E-state index is 0.0886. The standard InChI is InChI=1S/C16H19N3O2/c17-10-9-15(20)19-14-8-4-3-7-13(14)11-18-16(21)12-5-1-2-6-12/h3-4,7-8,12H,1-2,5-6,9,11H2,(H,18,21)(H,19,20). The highest BCUT2D eigenvalue weighted by atomic mass is 16.2. The van der Waals surface area contributed by atoms with E-state index in [1.807, 2.05) is 24.3 Å². The smallest absolute Gasteiger partial charge is 0.238 e. The molecular formula is C16H19N3O2. The Kier molecular flexibility index (Phi) is 5.33. The lowest BCUT2D eigenvalue weighted by atomic mass is 10.1. The molecule has 2 amide bonds. The van der Waals surface area contributed by atoms with Gasteiger partial charge in [0.25, 0.3) is 0 Å². The Morgan fingerprint density at radius 3 is 2.67 bits per heavy atom. The summed E-state index contributed by atoms with van der Waals surface area (Å²) in [5, 5.41) is 14.1. The molecule has 0 aliphatic heterocycles.